The Morgan fingerprint density at radius 2 is 1.88 bits per heavy atom. The van der Waals surface area contributed by atoms with Gasteiger partial charge in [0.1, 0.15) is 0 Å². The van der Waals surface area contributed by atoms with E-state index in [2.05, 4.69) is 26.0 Å². The molecule has 0 aromatic heterocycles. The third-order valence-electron chi connectivity index (χ3n) is 4.27. The fourth-order valence-corrected chi connectivity index (χ4v) is 4.26. The van der Waals surface area contributed by atoms with Crippen molar-refractivity contribution in [3.63, 3.8) is 0 Å². The molecule has 0 bridgehead atoms. The highest BCUT2D eigenvalue weighted by Gasteiger charge is 2.22. The van der Waals surface area contributed by atoms with Gasteiger partial charge in [-0.1, -0.05) is 47.8 Å². The molecule has 0 radical (unpaired) electrons. The molecule has 0 spiro atoms. The van der Waals surface area contributed by atoms with Crippen molar-refractivity contribution in [2.24, 2.45) is 0 Å². The molecule has 5 nitrogen and oxygen atoms in total. The van der Waals surface area contributed by atoms with Crippen molar-refractivity contribution in [2.45, 2.75) is 61.2 Å². The molecule has 1 fully saturated rings. The van der Waals surface area contributed by atoms with E-state index in [0.29, 0.717) is 17.9 Å². The van der Waals surface area contributed by atoms with E-state index >= 15 is 0 Å². The average molecular weight is 417 g/mol. The number of sulfonamides is 1. The van der Waals surface area contributed by atoms with Crippen molar-refractivity contribution in [1.29, 1.82) is 0 Å². The molecule has 0 aliphatic heterocycles. The highest BCUT2D eigenvalue weighted by Crippen LogP contribution is 2.20. The van der Waals surface area contributed by atoms with Crippen LogP contribution in [0.5, 0.6) is 0 Å². The zero-order valence-corrected chi connectivity index (χ0v) is 16.3. The van der Waals surface area contributed by atoms with E-state index in [4.69, 9.17) is 0 Å². The Kier molecular flexibility index (Phi) is 7.25. The maximum atomic E-state index is 12.3. The zero-order valence-electron chi connectivity index (χ0n) is 13.9. The Bertz CT molecular complexity index is 640. The minimum Gasteiger partial charge on any atom is -0.355 e. The minimum atomic E-state index is -3.43. The van der Waals surface area contributed by atoms with Gasteiger partial charge in [-0.2, -0.15) is 0 Å². The number of amides is 1. The highest BCUT2D eigenvalue weighted by atomic mass is 79.9. The first-order chi connectivity index (χ1) is 11.4. The number of benzene rings is 1. The molecule has 0 saturated heterocycles. The summed E-state index contributed by atoms with van der Waals surface area (Å²) in [7, 11) is -3.43. The smallest absolute Gasteiger partial charge is 0.240 e. The minimum absolute atomic E-state index is 0.0162. The highest BCUT2D eigenvalue weighted by molar-refractivity contribution is 9.10. The van der Waals surface area contributed by atoms with Gasteiger partial charge in [-0.3, -0.25) is 4.79 Å². The Labute approximate surface area is 152 Å². The van der Waals surface area contributed by atoms with Crippen molar-refractivity contribution in [3.05, 3.63) is 29.8 Å². The third-order valence-corrected chi connectivity index (χ3v) is 6.87. The first-order valence-electron chi connectivity index (χ1n) is 8.45. The van der Waals surface area contributed by atoms with Gasteiger partial charge in [-0.25, -0.2) is 13.1 Å². The van der Waals surface area contributed by atoms with Gasteiger partial charge in [-0.05, 0) is 43.4 Å². The van der Waals surface area contributed by atoms with E-state index in [1.165, 1.54) is 0 Å². The van der Waals surface area contributed by atoms with Crippen LogP contribution in [0.4, 0.5) is 0 Å². The summed E-state index contributed by atoms with van der Waals surface area (Å²) in [5.74, 6) is -0.0162. The van der Waals surface area contributed by atoms with E-state index in [0.717, 1.165) is 37.7 Å². The molecule has 2 rings (SSSR count). The van der Waals surface area contributed by atoms with Gasteiger partial charge in [-0.15, -0.1) is 0 Å². The quantitative estimate of drug-likeness (QED) is 0.639. The second-order valence-corrected chi connectivity index (χ2v) is 8.98. The lowest BCUT2D eigenvalue weighted by Gasteiger charge is -2.13. The number of rotatable bonds is 8. The van der Waals surface area contributed by atoms with Gasteiger partial charge in [0, 0.05) is 12.6 Å². The van der Waals surface area contributed by atoms with E-state index in [1.807, 2.05) is 6.92 Å². The van der Waals surface area contributed by atoms with Gasteiger partial charge in [0.2, 0.25) is 15.9 Å². The van der Waals surface area contributed by atoms with Crippen LogP contribution in [0, 0.1) is 0 Å². The molecule has 1 aliphatic rings. The number of carbonyl (C=O) groups is 1. The van der Waals surface area contributed by atoms with Crippen LogP contribution < -0.4 is 10.0 Å². The summed E-state index contributed by atoms with van der Waals surface area (Å²) in [6.45, 7) is 2.48. The number of alkyl halides is 1. The molecule has 1 amide bonds. The maximum Gasteiger partial charge on any atom is 0.240 e. The second kappa shape index (κ2) is 8.97. The van der Waals surface area contributed by atoms with Crippen LogP contribution in [0.25, 0.3) is 0 Å². The van der Waals surface area contributed by atoms with Crippen LogP contribution in [0.3, 0.4) is 0 Å². The molecular formula is C17H25BrN2O3S. The largest absolute Gasteiger partial charge is 0.355 e. The molecule has 1 aromatic carbocycles. The molecule has 134 valence electrons. The average Bonchev–Trinajstić information content (AvgIpc) is 3.06. The maximum absolute atomic E-state index is 12.3. The van der Waals surface area contributed by atoms with Gasteiger partial charge in [0.15, 0.2) is 0 Å². The van der Waals surface area contributed by atoms with Crippen molar-refractivity contribution in [1.82, 2.24) is 10.0 Å². The first kappa shape index (κ1) is 19.4. The van der Waals surface area contributed by atoms with Gasteiger partial charge < -0.3 is 5.32 Å². The molecular weight excluding hydrogens is 392 g/mol. The van der Waals surface area contributed by atoms with Crippen LogP contribution >= 0.6 is 15.9 Å². The van der Waals surface area contributed by atoms with Gasteiger partial charge in [0.25, 0.3) is 0 Å². The Hall–Kier alpha value is -0.920. The summed E-state index contributed by atoms with van der Waals surface area (Å²) < 4.78 is 27.5. The van der Waals surface area contributed by atoms with Crippen LogP contribution in [0.2, 0.25) is 0 Å². The standard InChI is InChI=1S/C17H25BrN2O3S/c1-2-16(18)17(21)19-12-11-13-7-9-15(10-8-13)24(22,23)20-14-5-3-4-6-14/h7-10,14,16,20H,2-6,11-12H2,1H3,(H,19,21). The van der Waals surface area contributed by atoms with E-state index in [1.54, 1.807) is 24.3 Å². The lowest BCUT2D eigenvalue weighted by Crippen LogP contribution is -2.32. The van der Waals surface area contributed by atoms with Crippen LogP contribution in [-0.4, -0.2) is 31.7 Å². The predicted octanol–water partition coefficient (Wildman–Crippen LogP) is 2.74. The molecule has 1 saturated carbocycles. The predicted molar refractivity (Wildman–Crippen MR) is 98.7 cm³/mol. The van der Waals surface area contributed by atoms with Crippen molar-refractivity contribution in [2.75, 3.05) is 6.54 Å². The summed E-state index contributed by atoms with van der Waals surface area (Å²) >= 11 is 3.31. The summed E-state index contributed by atoms with van der Waals surface area (Å²) in [6, 6.07) is 6.95. The second-order valence-electron chi connectivity index (χ2n) is 6.16. The lowest BCUT2D eigenvalue weighted by molar-refractivity contribution is -0.120. The normalized spacial score (nSPS) is 16.9. The number of nitrogens with one attached hydrogen (secondary N) is 2. The molecule has 1 aromatic rings. The Morgan fingerprint density at radius 3 is 2.46 bits per heavy atom. The fourth-order valence-electron chi connectivity index (χ4n) is 2.79. The van der Waals surface area contributed by atoms with Crippen molar-refractivity contribution in [3.8, 4) is 0 Å². The number of hydrogen-bond acceptors (Lipinski definition) is 3. The van der Waals surface area contributed by atoms with Crippen LogP contribution in [0.1, 0.15) is 44.6 Å². The molecule has 2 N–H and O–H groups in total. The van der Waals surface area contributed by atoms with Crippen LogP contribution in [0.15, 0.2) is 29.2 Å². The summed E-state index contributed by atoms with van der Waals surface area (Å²) in [6.07, 6.45) is 5.43. The zero-order chi connectivity index (χ0) is 17.6. The van der Waals surface area contributed by atoms with Crippen molar-refractivity contribution >= 4 is 31.9 Å². The first-order valence-corrected chi connectivity index (χ1v) is 10.9. The SMILES string of the molecule is CCC(Br)C(=O)NCCc1ccc(S(=O)(=O)NC2CCCC2)cc1. The molecule has 1 unspecified atom stereocenters. The fraction of sp³-hybridized carbons (Fsp3) is 0.588. The number of carbonyl (C=O) groups excluding carboxylic acids is 1. The van der Waals surface area contributed by atoms with E-state index < -0.39 is 10.0 Å². The molecule has 1 atom stereocenters. The van der Waals surface area contributed by atoms with Gasteiger partial charge in [0.05, 0.1) is 9.72 Å². The number of halogens is 1. The summed E-state index contributed by atoms with van der Waals surface area (Å²) in [4.78, 5) is 11.8. The summed E-state index contributed by atoms with van der Waals surface area (Å²) in [5.41, 5.74) is 0.998. The third kappa shape index (κ3) is 5.57. The topological polar surface area (TPSA) is 75.3 Å². The van der Waals surface area contributed by atoms with Crippen LogP contribution in [-0.2, 0) is 21.2 Å². The molecule has 24 heavy (non-hydrogen) atoms. The van der Waals surface area contributed by atoms with E-state index in [9.17, 15) is 13.2 Å². The molecule has 1 aliphatic carbocycles. The lowest BCUT2D eigenvalue weighted by atomic mass is 10.1. The Balaban J connectivity index is 1.87. The van der Waals surface area contributed by atoms with Gasteiger partial charge >= 0.3 is 0 Å². The monoisotopic (exact) mass is 416 g/mol. The summed E-state index contributed by atoms with van der Waals surface area (Å²) in [5, 5.41) is 2.86. The van der Waals surface area contributed by atoms with E-state index in [-0.39, 0.29) is 16.8 Å². The molecule has 0 heterocycles. The van der Waals surface area contributed by atoms with Crippen molar-refractivity contribution < 1.29 is 13.2 Å². The molecule has 7 heteroatoms. The Morgan fingerprint density at radius 1 is 1.25 bits per heavy atom. The number of hydrogen-bond donors (Lipinski definition) is 2.